The molecule has 31 heavy (non-hydrogen) atoms. The van der Waals surface area contributed by atoms with Gasteiger partial charge >= 0.3 is 0 Å². The predicted molar refractivity (Wildman–Crippen MR) is 99.7 cm³/mol. The zero-order chi connectivity index (χ0) is 23.2. The fraction of sp³-hybridized carbons (Fsp3) is 0.143. The largest absolute Gasteiger partial charge is 0.494 e. The van der Waals surface area contributed by atoms with Crippen LogP contribution in [0.3, 0.4) is 0 Å². The van der Waals surface area contributed by atoms with E-state index in [1.54, 1.807) is 0 Å². The number of aryl methyl sites for hydroxylation is 2. The van der Waals surface area contributed by atoms with Gasteiger partial charge in [-0.25, -0.2) is 35.1 Å². The van der Waals surface area contributed by atoms with Crippen LogP contribution in [0.5, 0.6) is 5.75 Å². The molecule has 0 fully saturated rings. The van der Waals surface area contributed by atoms with E-state index in [9.17, 15) is 35.1 Å². The van der Waals surface area contributed by atoms with Crippen LogP contribution in [0.15, 0.2) is 24.3 Å². The first-order valence-electron chi connectivity index (χ1n) is 8.80. The van der Waals surface area contributed by atoms with Crippen molar-refractivity contribution in [2.75, 3.05) is 7.11 Å². The molecule has 1 nitrogen and oxygen atoms in total. The molecule has 0 amide bonds. The van der Waals surface area contributed by atoms with E-state index >= 15 is 0 Å². The quantitative estimate of drug-likeness (QED) is 0.337. The van der Waals surface area contributed by atoms with Crippen molar-refractivity contribution in [3.8, 4) is 5.75 Å². The molecule has 0 N–H and O–H groups in total. The summed E-state index contributed by atoms with van der Waals surface area (Å²) < 4.78 is 121. The minimum Gasteiger partial charge on any atom is -0.494 e. The van der Waals surface area contributed by atoms with Gasteiger partial charge in [0.15, 0.2) is 29.1 Å². The van der Waals surface area contributed by atoms with E-state index in [2.05, 4.69) is 0 Å². The summed E-state index contributed by atoms with van der Waals surface area (Å²) in [7, 11) is 0.918. The Kier molecular flexibility index (Phi) is 6.02. The molecule has 0 aliphatic carbocycles. The minimum absolute atomic E-state index is 0.365. The van der Waals surface area contributed by atoms with Gasteiger partial charge in [-0.15, -0.1) is 0 Å². The maximum atomic E-state index is 14.8. The molecule has 3 aromatic rings. The van der Waals surface area contributed by atoms with Crippen molar-refractivity contribution in [1.82, 2.24) is 0 Å². The third kappa shape index (κ3) is 3.75. The summed E-state index contributed by atoms with van der Waals surface area (Å²) in [5, 5.41) is 0. The molecule has 3 aromatic carbocycles. The number of rotatable bonds is 4. The van der Waals surface area contributed by atoms with Crippen LogP contribution < -0.4 is 21.1 Å². The Bertz CT molecular complexity index is 1130. The summed E-state index contributed by atoms with van der Waals surface area (Å²) in [6.07, 6.45) is 0. The molecule has 3 rings (SSSR count). The Balaban J connectivity index is 2.54. The minimum atomic E-state index is -2.33. The van der Waals surface area contributed by atoms with E-state index in [1.807, 2.05) is 0 Å². The smallest absolute Gasteiger partial charge is 0.261 e. The average molecular weight is 444 g/mol. The Morgan fingerprint density at radius 3 is 1.48 bits per heavy atom. The van der Waals surface area contributed by atoms with Gasteiger partial charge in [0.25, 0.3) is 6.71 Å². The first-order chi connectivity index (χ1) is 14.5. The van der Waals surface area contributed by atoms with Gasteiger partial charge in [-0.2, -0.15) is 0 Å². The highest BCUT2D eigenvalue weighted by atomic mass is 19.2. The number of halogens is 8. The predicted octanol–water partition coefficient (Wildman–Crippen LogP) is 3.94. The molecule has 0 aliphatic heterocycles. The van der Waals surface area contributed by atoms with Crippen LogP contribution in [0, 0.1) is 60.4 Å². The highest BCUT2D eigenvalue weighted by Crippen LogP contribution is 2.21. The van der Waals surface area contributed by atoms with E-state index in [0.717, 1.165) is 21.0 Å². The second kappa shape index (κ2) is 8.24. The lowest BCUT2D eigenvalue weighted by atomic mass is 9.36. The Hall–Kier alpha value is -3.04. The molecule has 0 bridgehead atoms. The molecule has 0 saturated heterocycles. The topological polar surface area (TPSA) is 9.23 Å². The van der Waals surface area contributed by atoms with Gasteiger partial charge in [-0.05, 0) is 48.6 Å². The molecule has 0 atom stereocenters. The highest BCUT2D eigenvalue weighted by molar-refractivity contribution is 6.96. The molecule has 0 aliphatic rings. The molecule has 0 spiro atoms. The van der Waals surface area contributed by atoms with E-state index in [0.29, 0.717) is 24.3 Å². The van der Waals surface area contributed by atoms with Gasteiger partial charge < -0.3 is 4.74 Å². The second-order valence-corrected chi connectivity index (χ2v) is 6.88. The van der Waals surface area contributed by atoms with E-state index in [4.69, 9.17) is 4.74 Å². The van der Waals surface area contributed by atoms with Crippen LogP contribution in [0.25, 0.3) is 0 Å². The van der Waals surface area contributed by atoms with Crippen LogP contribution in [0.4, 0.5) is 35.1 Å². The lowest BCUT2D eigenvalue weighted by Gasteiger charge is -2.22. The Morgan fingerprint density at radius 2 is 1.06 bits per heavy atom. The molecule has 0 radical (unpaired) electrons. The first-order valence-corrected chi connectivity index (χ1v) is 8.80. The van der Waals surface area contributed by atoms with Crippen molar-refractivity contribution in [2.24, 2.45) is 0 Å². The summed E-state index contributed by atoms with van der Waals surface area (Å²) >= 11 is 0. The number of hydrogen-bond donors (Lipinski definition) is 0. The second-order valence-electron chi connectivity index (χ2n) is 6.88. The summed E-state index contributed by atoms with van der Waals surface area (Å²) in [6.45, 7) is -0.254. The zero-order valence-corrected chi connectivity index (χ0v) is 16.3. The molecule has 0 unspecified atom stereocenters. The van der Waals surface area contributed by atoms with Gasteiger partial charge in [0.05, 0.1) is 7.11 Å². The number of ether oxygens (including phenoxy) is 1. The molecule has 0 heterocycles. The van der Waals surface area contributed by atoms with Crippen molar-refractivity contribution in [3.63, 3.8) is 0 Å². The van der Waals surface area contributed by atoms with Crippen LogP contribution >= 0.6 is 0 Å². The van der Waals surface area contributed by atoms with Crippen LogP contribution in [0.2, 0.25) is 0 Å². The van der Waals surface area contributed by atoms with Crippen LogP contribution in [-0.2, 0) is 0 Å². The summed E-state index contributed by atoms with van der Waals surface area (Å²) in [5.74, 6) is -13.2. The first kappa shape index (κ1) is 22.6. The summed E-state index contributed by atoms with van der Waals surface area (Å²) in [4.78, 5) is 0. The number of methoxy groups -OCH3 is 1. The molecule has 0 saturated carbocycles. The van der Waals surface area contributed by atoms with Gasteiger partial charge in [-0.3, -0.25) is 0 Å². The fourth-order valence-electron chi connectivity index (χ4n) is 3.45. The third-order valence-electron chi connectivity index (χ3n) is 4.88. The van der Waals surface area contributed by atoms with Crippen molar-refractivity contribution in [1.29, 1.82) is 0 Å². The molecular weight excluding hydrogens is 431 g/mol. The summed E-state index contributed by atoms with van der Waals surface area (Å²) in [6, 6.07) is 1.97. The Labute approximate surface area is 172 Å². The van der Waals surface area contributed by atoms with Crippen molar-refractivity contribution < 1.29 is 39.9 Å². The van der Waals surface area contributed by atoms with Crippen molar-refractivity contribution >= 4 is 23.1 Å². The standard InChI is InChI=1S/C21H13BF8O/c1-8-4-12(24)15(19(29)17(8)27)22(11-6-10(23)7-14(26)21(11)31-3)16-13(25)5-9(2)18(28)20(16)30/h4-7H,1-3H3. The highest BCUT2D eigenvalue weighted by Gasteiger charge is 2.39. The van der Waals surface area contributed by atoms with E-state index in [-0.39, 0.29) is 0 Å². The average Bonchev–Trinajstić information content (AvgIpc) is 2.68. The SMILES string of the molecule is COc1c(F)cc(F)cc1B(c1c(F)cc(C)c(F)c1F)c1c(F)cc(C)c(F)c1F. The van der Waals surface area contributed by atoms with Gasteiger partial charge in [-0.1, -0.05) is 0 Å². The normalized spacial score (nSPS) is 11.1. The van der Waals surface area contributed by atoms with Gasteiger partial charge in [0.1, 0.15) is 23.2 Å². The van der Waals surface area contributed by atoms with E-state index in [1.165, 1.54) is 0 Å². The van der Waals surface area contributed by atoms with Crippen LogP contribution in [0.1, 0.15) is 11.1 Å². The lowest BCUT2D eigenvalue weighted by Crippen LogP contribution is -2.58. The molecular formula is C21H13BF8O. The molecule has 10 heteroatoms. The van der Waals surface area contributed by atoms with E-state index < -0.39 is 86.5 Å². The Morgan fingerprint density at radius 1 is 0.613 bits per heavy atom. The maximum absolute atomic E-state index is 14.8. The van der Waals surface area contributed by atoms with Crippen LogP contribution in [-0.4, -0.2) is 13.8 Å². The molecule has 0 aromatic heterocycles. The van der Waals surface area contributed by atoms with Crippen molar-refractivity contribution in [3.05, 3.63) is 81.9 Å². The maximum Gasteiger partial charge on any atom is 0.261 e. The third-order valence-corrected chi connectivity index (χ3v) is 4.88. The van der Waals surface area contributed by atoms with Gasteiger partial charge in [0.2, 0.25) is 0 Å². The number of benzene rings is 3. The lowest BCUT2D eigenvalue weighted by molar-refractivity contribution is 0.387. The van der Waals surface area contributed by atoms with Gasteiger partial charge in [0, 0.05) is 17.0 Å². The fourth-order valence-corrected chi connectivity index (χ4v) is 3.45. The zero-order valence-electron chi connectivity index (χ0n) is 16.3. The summed E-state index contributed by atoms with van der Waals surface area (Å²) in [5.41, 5.74) is -4.25. The number of hydrogen-bond acceptors (Lipinski definition) is 1. The monoisotopic (exact) mass is 444 g/mol. The molecule has 162 valence electrons. The van der Waals surface area contributed by atoms with Crippen molar-refractivity contribution in [2.45, 2.75) is 13.8 Å².